The van der Waals surface area contributed by atoms with Crippen LogP contribution in [0.15, 0.2) is 72.8 Å². The van der Waals surface area contributed by atoms with Gasteiger partial charge in [0.1, 0.15) is 11.5 Å². The molecule has 0 saturated carbocycles. The van der Waals surface area contributed by atoms with Crippen LogP contribution in [0.1, 0.15) is 64.8 Å². The zero-order valence-corrected chi connectivity index (χ0v) is 21.7. The Morgan fingerprint density at radius 3 is 2.50 bits per heavy atom. The van der Waals surface area contributed by atoms with E-state index in [1.165, 1.54) is 16.9 Å². The number of rotatable bonds is 7. The van der Waals surface area contributed by atoms with Crippen molar-refractivity contribution in [3.05, 3.63) is 94.4 Å². The lowest BCUT2D eigenvalue weighted by Crippen LogP contribution is -2.54. The third kappa shape index (κ3) is 4.73. The molecule has 0 radical (unpaired) electrons. The molecule has 5 rings (SSSR count). The fourth-order valence-electron chi connectivity index (χ4n) is 4.36. The lowest BCUT2D eigenvalue weighted by molar-refractivity contribution is -0.0537. The van der Waals surface area contributed by atoms with Crippen LogP contribution in [0.3, 0.4) is 0 Å². The van der Waals surface area contributed by atoms with Gasteiger partial charge in [0, 0.05) is 17.3 Å². The smallest absolute Gasteiger partial charge is 0.260 e. The summed E-state index contributed by atoms with van der Waals surface area (Å²) in [4.78, 5) is 28.5. The molecule has 0 aliphatic carbocycles. The Morgan fingerprint density at radius 2 is 1.78 bits per heavy atom. The van der Waals surface area contributed by atoms with E-state index in [4.69, 9.17) is 9.47 Å². The quantitative estimate of drug-likeness (QED) is 0.256. The van der Waals surface area contributed by atoms with Gasteiger partial charge in [-0.3, -0.25) is 14.5 Å². The van der Waals surface area contributed by atoms with Crippen LogP contribution >= 0.6 is 11.3 Å². The van der Waals surface area contributed by atoms with Crippen molar-refractivity contribution in [2.24, 2.45) is 0 Å². The number of carbonyl (C=O) groups is 2. The zero-order valence-electron chi connectivity index (χ0n) is 20.9. The average molecular weight is 500 g/mol. The van der Waals surface area contributed by atoms with Crippen LogP contribution in [-0.4, -0.2) is 28.9 Å². The average Bonchev–Trinajstić information content (AvgIpc) is 3.29. The summed E-state index contributed by atoms with van der Waals surface area (Å²) < 4.78 is 13.1. The van der Waals surface area contributed by atoms with Crippen molar-refractivity contribution in [2.75, 3.05) is 6.61 Å². The number of amides is 1. The summed E-state index contributed by atoms with van der Waals surface area (Å²) in [5.41, 5.74) is 1.96. The topological polar surface area (TPSA) is 55.8 Å². The molecule has 0 N–H and O–H groups in total. The highest BCUT2D eigenvalue weighted by molar-refractivity contribution is 7.20. The highest BCUT2D eigenvalue weighted by Crippen LogP contribution is 2.37. The summed E-state index contributed by atoms with van der Waals surface area (Å²) in [5, 5.41) is 1.05. The predicted molar refractivity (Wildman–Crippen MR) is 143 cm³/mol. The normalized spacial score (nSPS) is 14.6. The van der Waals surface area contributed by atoms with Crippen LogP contribution < -0.4 is 9.47 Å². The molecular weight excluding hydrogens is 470 g/mol. The van der Waals surface area contributed by atoms with Crippen molar-refractivity contribution >= 4 is 33.1 Å². The van der Waals surface area contributed by atoms with Gasteiger partial charge in [0.2, 0.25) is 5.78 Å². The second-order valence-corrected chi connectivity index (χ2v) is 10.9. The Bertz CT molecular complexity index is 1400. The van der Waals surface area contributed by atoms with E-state index in [0.717, 1.165) is 15.6 Å². The van der Waals surface area contributed by atoms with Crippen LogP contribution in [-0.2, 0) is 6.54 Å². The fourth-order valence-corrected chi connectivity index (χ4v) is 5.35. The van der Waals surface area contributed by atoms with E-state index < -0.39 is 5.72 Å². The van der Waals surface area contributed by atoms with Crippen LogP contribution in [0.2, 0.25) is 0 Å². The molecule has 0 atom stereocenters. The molecule has 0 unspecified atom stereocenters. The van der Waals surface area contributed by atoms with Crippen LogP contribution in [0.25, 0.3) is 10.1 Å². The van der Waals surface area contributed by atoms with E-state index in [2.05, 4.69) is 38.1 Å². The summed E-state index contributed by atoms with van der Waals surface area (Å²) >= 11 is 1.46. The van der Waals surface area contributed by atoms with Crippen molar-refractivity contribution in [3.8, 4) is 11.5 Å². The fraction of sp³-hybridized carbons (Fsp3) is 0.267. The standard InChI is InChI=1S/C30H29NO4S/c1-19(2)21-11-9-20(10-12-21)17-31-29(33)24-14-13-23(16-26(24)35-30(31,3)4)34-18-25(32)28-15-22-7-5-6-8-27(22)36-28/h5-16,19H,17-18H2,1-4H3. The van der Waals surface area contributed by atoms with E-state index >= 15 is 0 Å². The molecule has 0 bridgehead atoms. The van der Waals surface area contributed by atoms with Gasteiger partial charge in [-0.2, -0.15) is 0 Å². The number of hydrogen-bond acceptors (Lipinski definition) is 5. The first-order valence-electron chi connectivity index (χ1n) is 12.1. The summed E-state index contributed by atoms with van der Waals surface area (Å²) in [7, 11) is 0. The zero-order chi connectivity index (χ0) is 25.4. The minimum Gasteiger partial charge on any atom is -0.485 e. The van der Waals surface area contributed by atoms with Gasteiger partial charge in [0.05, 0.1) is 10.4 Å². The molecule has 1 aromatic heterocycles. The second-order valence-electron chi connectivity index (χ2n) is 9.85. The van der Waals surface area contributed by atoms with E-state index in [0.29, 0.717) is 34.4 Å². The highest BCUT2D eigenvalue weighted by atomic mass is 32.1. The number of carbonyl (C=O) groups excluding carboxylic acids is 2. The highest BCUT2D eigenvalue weighted by Gasteiger charge is 2.40. The number of benzene rings is 3. The van der Waals surface area contributed by atoms with Gasteiger partial charge in [-0.05, 0) is 60.5 Å². The number of fused-ring (bicyclic) bond motifs is 2. The van der Waals surface area contributed by atoms with Gasteiger partial charge in [0.25, 0.3) is 5.91 Å². The lowest BCUT2D eigenvalue weighted by Gasteiger charge is -2.43. The van der Waals surface area contributed by atoms with Crippen molar-refractivity contribution < 1.29 is 19.1 Å². The van der Waals surface area contributed by atoms with Crippen molar-refractivity contribution in [1.82, 2.24) is 4.90 Å². The molecule has 3 aromatic carbocycles. The third-order valence-electron chi connectivity index (χ3n) is 6.50. The van der Waals surface area contributed by atoms with E-state index in [1.54, 1.807) is 23.1 Å². The number of hydrogen-bond donors (Lipinski definition) is 0. The Morgan fingerprint density at radius 1 is 1.03 bits per heavy atom. The van der Waals surface area contributed by atoms with Crippen LogP contribution in [0, 0.1) is 0 Å². The first kappa shape index (κ1) is 24.1. The molecule has 1 aliphatic rings. The molecule has 36 heavy (non-hydrogen) atoms. The SMILES string of the molecule is CC(C)c1ccc(CN2C(=O)c3ccc(OCC(=O)c4cc5ccccc5s4)cc3OC2(C)C)cc1. The van der Waals surface area contributed by atoms with Gasteiger partial charge in [-0.1, -0.05) is 56.3 Å². The van der Waals surface area contributed by atoms with E-state index in [9.17, 15) is 9.59 Å². The molecule has 5 nitrogen and oxygen atoms in total. The van der Waals surface area contributed by atoms with Crippen molar-refractivity contribution in [1.29, 1.82) is 0 Å². The van der Waals surface area contributed by atoms with Gasteiger partial charge < -0.3 is 9.47 Å². The number of ether oxygens (including phenoxy) is 2. The first-order chi connectivity index (χ1) is 17.2. The predicted octanol–water partition coefficient (Wildman–Crippen LogP) is 7.06. The van der Waals surface area contributed by atoms with Gasteiger partial charge >= 0.3 is 0 Å². The molecule has 0 spiro atoms. The molecule has 184 valence electrons. The first-order valence-corrected chi connectivity index (χ1v) is 12.9. The maximum Gasteiger partial charge on any atom is 0.260 e. The molecular formula is C30H29NO4S. The summed E-state index contributed by atoms with van der Waals surface area (Å²) in [6, 6.07) is 23.3. The summed E-state index contributed by atoms with van der Waals surface area (Å²) in [6.45, 7) is 8.46. The molecule has 0 fully saturated rings. The lowest BCUT2D eigenvalue weighted by atomic mass is 10.0. The summed E-state index contributed by atoms with van der Waals surface area (Å²) in [5.74, 6) is 1.23. The second kappa shape index (κ2) is 9.43. The maximum absolute atomic E-state index is 13.4. The minimum absolute atomic E-state index is 0.0819. The Kier molecular flexibility index (Phi) is 6.31. The van der Waals surface area contributed by atoms with Gasteiger partial charge in [-0.15, -0.1) is 11.3 Å². The largest absolute Gasteiger partial charge is 0.485 e. The number of ketones is 1. The Balaban J connectivity index is 1.29. The van der Waals surface area contributed by atoms with Gasteiger partial charge in [-0.25, -0.2) is 0 Å². The van der Waals surface area contributed by atoms with Crippen LogP contribution in [0.5, 0.6) is 11.5 Å². The molecule has 1 amide bonds. The monoisotopic (exact) mass is 499 g/mol. The number of thiophene rings is 1. The minimum atomic E-state index is -0.841. The molecule has 1 aliphatic heterocycles. The molecule has 4 aromatic rings. The third-order valence-corrected chi connectivity index (χ3v) is 7.65. The van der Waals surface area contributed by atoms with E-state index in [-0.39, 0.29) is 18.3 Å². The van der Waals surface area contributed by atoms with Crippen LogP contribution in [0.4, 0.5) is 0 Å². The molecule has 0 saturated heterocycles. The molecule has 2 heterocycles. The summed E-state index contributed by atoms with van der Waals surface area (Å²) in [6.07, 6.45) is 0. The van der Waals surface area contributed by atoms with E-state index in [1.807, 2.05) is 44.2 Å². The number of nitrogens with zero attached hydrogens (tertiary/aromatic N) is 1. The van der Waals surface area contributed by atoms with Gasteiger partial charge in [0.15, 0.2) is 12.3 Å². The molecule has 6 heteroatoms. The Hall–Kier alpha value is -3.64. The van der Waals surface area contributed by atoms with Crippen molar-refractivity contribution in [3.63, 3.8) is 0 Å². The Labute approximate surface area is 215 Å². The number of Topliss-reactive ketones (excluding diaryl/α,β-unsaturated/α-hetero) is 1. The van der Waals surface area contributed by atoms with Crippen molar-refractivity contribution in [2.45, 2.75) is 45.9 Å². The maximum atomic E-state index is 13.4.